The molecule has 0 saturated carbocycles. The van der Waals surface area contributed by atoms with Crippen molar-refractivity contribution < 1.29 is 19.0 Å². The van der Waals surface area contributed by atoms with Gasteiger partial charge in [0.25, 0.3) is 0 Å². The maximum absolute atomic E-state index is 12.0. The highest BCUT2D eigenvalue weighted by Crippen LogP contribution is 2.29. The Morgan fingerprint density at radius 1 is 1.00 bits per heavy atom. The van der Waals surface area contributed by atoms with Crippen LogP contribution in [0.1, 0.15) is 38.3 Å². The van der Waals surface area contributed by atoms with Crippen LogP contribution in [-0.4, -0.2) is 54.8 Å². The van der Waals surface area contributed by atoms with E-state index in [0.29, 0.717) is 11.5 Å². The van der Waals surface area contributed by atoms with E-state index in [-0.39, 0.29) is 0 Å². The van der Waals surface area contributed by atoms with Crippen molar-refractivity contribution in [2.75, 3.05) is 33.3 Å². The summed E-state index contributed by atoms with van der Waals surface area (Å²) in [5, 5.41) is 4.37. The molecule has 164 valence electrons. The number of ether oxygens (including phenoxy) is 3. The maximum atomic E-state index is 12.0. The summed E-state index contributed by atoms with van der Waals surface area (Å²) in [5.74, 6) is 0.903. The zero-order chi connectivity index (χ0) is 21.6. The molecule has 0 radical (unpaired) electrons. The molecule has 0 spiro atoms. The molecule has 1 aliphatic rings. The first-order chi connectivity index (χ1) is 14.3. The van der Waals surface area contributed by atoms with Crippen molar-refractivity contribution in [3.05, 3.63) is 46.2 Å². The van der Waals surface area contributed by atoms with Gasteiger partial charge in [-0.05, 0) is 80.4 Å². The van der Waals surface area contributed by atoms with Gasteiger partial charge in [0.1, 0.15) is 5.60 Å². The third-order valence-electron chi connectivity index (χ3n) is 4.88. The molecule has 3 rings (SSSR count). The van der Waals surface area contributed by atoms with Gasteiger partial charge in [-0.15, -0.1) is 0 Å². The molecule has 30 heavy (non-hydrogen) atoms. The highest BCUT2D eigenvalue weighted by molar-refractivity contribution is 7.07. The van der Waals surface area contributed by atoms with Crippen LogP contribution >= 0.6 is 11.3 Å². The van der Waals surface area contributed by atoms with Gasteiger partial charge in [0.2, 0.25) is 0 Å². The van der Waals surface area contributed by atoms with Gasteiger partial charge in [-0.3, -0.25) is 9.80 Å². The van der Waals surface area contributed by atoms with Crippen LogP contribution in [-0.2, 0) is 17.8 Å². The predicted octanol–water partition coefficient (Wildman–Crippen LogP) is 4.78. The third kappa shape index (κ3) is 7.00. The predicted molar refractivity (Wildman–Crippen MR) is 119 cm³/mol. The second-order valence-electron chi connectivity index (χ2n) is 8.59. The van der Waals surface area contributed by atoms with Gasteiger partial charge in [0.05, 0.1) is 7.11 Å². The lowest BCUT2D eigenvalue weighted by atomic mass is 10.2. The third-order valence-corrected chi connectivity index (χ3v) is 5.62. The lowest BCUT2D eigenvalue weighted by Crippen LogP contribution is -2.30. The van der Waals surface area contributed by atoms with Gasteiger partial charge in [-0.1, -0.05) is 6.07 Å². The van der Waals surface area contributed by atoms with Crippen LogP contribution in [0.5, 0.6) is 11.5 Å². The number of methoxy groups -OCH3 is 1. The summed E-state index contributed by atoms with van der Waals surface area (Å²) in [6.07, 6.45) is 0.424. The molecule has 1 fully saturated rings. The first kappa shape index (κ1) is 22.6. The van der Waals surface area contributed by atoms with E-state index in [4.69, 9.17) is 14.2 Å². The minimum Gasteiger partial charge on any atom is -0.493 e. The minimum atomic E-state index is -0.730. The first-order valence-electron chi connectivity index (χ1n) is 10.4. The standard InChI is InChI=1S/C23H32N2O4S/c1-23(2,3)29-22(26)28-20-7-6-18(14-21(20)27-4)15-24-9-5-10-25(12-11-24)16-19-8-13-30-17-19/h6-8,13-14,17H,5,9-12,15-16H2,1-4H3. The Labute approximate surface area is 183 Å². The van der Waals surface area contributed by atoms with Crippen molar-refractivity contribution in [3.63, 3.8) is 0 Å². The van der Waals surface area contributed by atoms with Crippen LogP contribution in [0, 0.1) is 0 Å². The van der Waals surface area contributed by atoms with E-state index < -0.39 is 11.8 Å². The molecule has 1 aliphatic heterocycles. The highest BCUT2D eigenvalue weighted by atomic mass is 32.1. The first-order valence-corrected chi connectivity index (χ1v) is 11.3. The molecule has 0 bridgehead atoms. The van der Waals surface area contributed by atoms with E-state index in [1.165, 1.54) is 5.56 Å². The summed E-state index contributed by atoms with van der Waals surface area (Å²) >= 11 is 1.76. The lowest BCUT2D eigenvalue weighted by Gasteiger charge is -2.22. The second kappa shape index (κ2) is 10.3. The van der Waals surface area contributed by atoms with Crippen LogP contribution < -0.4 is 9.47 Å². The van der Waals surface area contributed by atoms with Gasteiger partial charge < -0.3 is 14.2 Å². The van der Waals surface area contributed by atoms with E-state index in [0.717, 1.165) is 51.3 Å². The summed E-state index contributed by atoms with van der Waals surface area (Å²) in [7, 11) is 1.58. The molecule has 0 aliphatic carbocycles. The summed E-state index contributed by atoms with van der Waals surface area (Å²) in [5.41, 5.74) is 1.93. The van der Waals surface area contributed by atoms with E-state index in [1.54, 1.807) is 45.3 Å². The molecule has 1 aromatic heterocycles. The van der Waals surface area contributed by atoms with Crippen molar-refractivity contribution in [3.8, 4) is 11.5 Å². The summed E-state index contributed by atoms with van der Waals surface area (Å²) in [6.45, 7) is 11.6. The van der Waals surface area contributed by atoms with Gasteiger partial charge in [-0.2, -0.15) is 11.3 Å². The molecule has 1 aromatic carbocycles. The molecular formula is C23H32N2O4S. The number of hydrogen-bond donors (Lipinski definition) is 0. The minimum absolute atomic E-state index is 0.369. The Morgan fingerprint density at radius 3 is 2.30 bits per heavy atom. The highest BCUT2D eigenvalue weighted by Gasteiger charge is 2.20. The Bertz CT molecular complexity index is 817. The van der Waals surface area contributed by atoms with E-state index in [9.17, 15) is 4.79 Å². The molecule has 2 aromatic rings. The van der Waals surface area contributed by atoms with Crippen molar-refractivity contribution in [2.45, 2.75) is 45.9 Å². The van der Waals surface area contributed by atoms with Crippen LogP contribution in [0.2, 0.25) is 0 Å². The molecule has 1 saturated heterocycles. The Kier molecular flexibility index (Phi) is 7.75. The van der Waals surface area contributed by atoms with E-state index >= 15 is 0 Å². The lowest BCUT2D eigenvalue weighted by molar-refractivity contribution is 0.0201. The molecule has 0 amide bonds. The fourth-order valence-corrected chi connectivity index (χ4v) is 4.15. The number of thiophene rings is 1. The summed E-state index contributed by atoms with van der Waals surface area (Å²) in [6, 6.07) is 7.91. The van der Waals surface area contributed by atoms with Gasteiger partial charge in [-0.25, -0.2) is 4.79 Å². The topological polar surface area (TPSA) is 51.2 Å². The normalized spacial score (nSPS) is 16.1. The van der Waals surface area contributed by atoms with E-state index in [1.807, 2.05) is 12.1 Å². The molecule has 0 atom stereocenters. The molecule has 0 unspecified atom stereocenters. The average molecular weight is 433 g/mol. The van der Waals surface area contributed by atoms with Crippen molar-refractivity contribution >= 4 is 17.5 Å². The van der Waals surface area contributed by atoms with Gasteiger partial charge >= 0.3 is 6.16 Å². The average Bonchev–Trinajstić information content (AvgIpc) is 3.08. The number of benzene rings is 1. The van der Waals surface area contributed by atoms with Gasteiger partial charge in [0, 0.05) is 26.2 Å². The van der Waals surface area contributed by atoms with E-state index in [2.05, 4.69) is 26.6 Å². The van der Waals surface area contributed by atoms with Crippen LogP contribution in [0.4, 0.5) is 4.79 Å². The van der Waals surface area contributed by atoms with Crippen molar-refractivity contribution in [1.82, 2.24) is 9.80 Å². The zero-order valence-electron chi connectivity index (χ0n) is 18.3. The summed E-state index contributed by atoms with van der Waals surface area (Å²) < 4.78 is 16.0. The molecule has 2 heterocycles. The number of carbonyl (C=O) groups is 1. The zero-order valence-corrected chi connectivity index (χ0v) is 19.2. The van der Waals surface area contributed by atoms with Crippen molar-refractivity contribution in [2.24, 2.45) is 0 Å². The summed E-state index contributed by atoms with van der Waals surface area (Å²) in [4.78, 5) is 17.0. The Morgan fingerprint density at radius 2 is 1.70 bits per heavy atom. The SMILES string of the molecule is COc1cc(CN2CCCN(Cc3ccsc3)CC2)ccc1OC(=O)OC(C)(C)C. The Hall–Kier alpha value is -2.09. The second-order valence-corrected chi connectivity index (χ2v) is 9.37. The largest absolute Gasteiger partial charge is 0.514 e. The van der Waals surface area contributed by atoms with Crippen LogP contribution in [0.3, 0.4) is 0 Å². The Balaban J connectivity index is 1.56. The fraction of sp³-hybridized carbons (Fsp3) is 0.522. The molecule has 6 nitrogen and oxygen atoms in total. The van der Waals surface area contributed by atoms with Crippen LogP contribution in [0.25, 0.3) is 0 Å². The molecule has 0 N–H and O–H groups in total. The number of carbonyl (C=O) groups excluding carboxylic acids is 1. The van der Waals surface area contributed by atoms with Gasteiger partial charge in [0.15, 0.2) is 11.5 Å². The van der Waals surface area contributed by atoms with Crippen molar-refractivity contribution in [1.29, 1.82) is 0 Å². The maximum Gasteiger partial charge on any atom is 0.514 e. The number of nitrogens with zero attached hydrogens (tertiary/aromatic N) is 2. The monoisotopic (exact) mass is 432 g/mol. The quantitative estimate of drug-likeness (QED) is 0.484. The number of rotatable bonds is 6. The van der Waals surface area contributed by atoms with Crippen LogP contribution in [0.15, 0.2) is 35.0 Å². The molecule has 7 heteroatoms. The smallest absolute Gasteiger partial charge is 0.493 e. The fourth-order valence-electron chi connectivity index (χ4n) is 3.49. The molecular weight excluding hydrogens is 400 g/mol. The number of hydrogen-bond acceptors (Lipinski definition) is 7.